The lowest BCUT2D eigenvalue weighted by molar-refractivity contribution is 0.600. The Morgan fingerprint density at radius 1 is 1.41 bits per heavy atom. The van der Waals surface area contributed by atoms with Gasteiger partial charge in [-0.15, -0.1) is 0 Å². The number of anilines is 1. The Balaban J connectivity index is 2.51. The Morgan fingerprint density at radius 2 is 2.18 bits per heavy atom. The van der Waals surface area contributed by atoms with Gasteiger partial charge in [0.1, 0.15) is 0 Å². The Labute approximate surface area is 98.8 Å². The molecule has 0 atom stereocenters. The van der Waals surface area contributed by atoms with Crippen LogP contribution in [0.15, 0.2) is 24.4 Å². The van der Waals surface area contributed by atoms with E-state index in [0.29, 0.717) is 17.0 Å². The summed E-state index contributed by atoms with van der Waals surface area (Å²) >= 11 is 0. The highest BCUT2D eigenvalue weighted by atomic mass is 32.2. The number of sulfone groups is 1. The number of aromatic amines is 1. The van der Waals surface area contributed by atoms with Crippen molar-refractivity contribution in [1.82, 2.24) is 15.2 Å². The summed E-state index contributed by atoms with van der Waals surface area (Å²) in [5.74, 6) is 0.116. The third-order valence-corrected chi connectivity index (χ3v) is 3.01. The van der Waals surface area contributed by atoms with E-state index in [1.807, 2.05) is 0 Å². The highest BCUT2D eigenvalue weighted by molar-refractivity contribution is 7.89. The van der Waals surface area contributed by atoms with E-state index in [4.69, 9.17) is 5.73 Å². The van der Waals surface area contributed by atoms with E-state index < -0.39 is 9.84 Å². The second kappa shape index (κ2) is 4.17. The topological polar surface area (TPSA) is 102 Å². The van der Waals surface area contributed by atoms with E-state index in [9.17, 15) is 8.42 Å². The van der Waals surface area contributed by atoms with E-state index in [2.05, 4.69) is 15.2 Å². The first kappa shape index (κ1) is 11.6. The molecule has 6 nitrogen and oxygen atoms in total. The highest BCUT2D eigenvalue weighted by Crippen LogP contribution is 2.26. The number of nitrogens with one attached hydrogen (secondary N) is 1. The maximum Gasteiger partial charge on any atom is 0.155 e. The molecule has 0 amide bonds. The third-order valence-electron chi connectivity index (χ3n) is 2.20. The second-order valence-electron chi connectivity index (χ2n) is 3.75. The second-order valence-corrected chi connectivity index (χ2v) is 5.89. The van der Waals surface area contributed by atoms with Gasteiger partial charge in [-0.25, -0.2) is 8.42 Å². The molecule has 2 heterocycles. The van der Waals surface area contributed by atoms with Gasteiger partial charge in [-0.05, 0) is 12.1 Å². The highest BCUT2D eigenvalue weighted by Gasteiger charge is 2.17. The van der Waals surface area contributed by atoms with Crippen LogP contribution in [0.3, 0.4) is 0 Å². The van der Waals surface area contributed by atoms with Gasteiger partial charge in [0.15, 0.2) is 15.7 Å². The molecule has 2 aromatic heterocycles. The number of nitrogen functional groups attached to an aromatic ring is 1. The summed E-state index contributed by atoms with van der Waals surface area (Å²) in [5.41, 5.74) is 7.34. The van der Waals surface area contributed by atoms with Crippen molar-refractivity contribution in [3.63, 3.8) is 0 Å². The SMILES string of the molecule is CS(=O)(=O)Cc1[nH]nc(N)c1-c1ccccn1. The Bertz CT molecular complexity index is 619. The summed E-state index contributed by atoms with van der Waals surface area (Å²) in [6.45, 7) is 0. The maximum atomic E-state index is 11.3. The number of rotatable bonds is 3. The smallest absolute Gasteiger partial charge is 0.155 e. The molecule has 0 bridgehead atoms. The van der Waals surface area contributed by atoms with Gasteiger partial charge in [0.2, 0.25) is 0 Å². The Morgan fingerprint density at radius 3 is 2.76 bits per heavy atom. The first-order valence-electron chi connectivity index (χ1n) is 4.89. The molecule has 0 unspecified atom stereocenters. The molecule has 17 heavy (non-hydrogen) atoms. The predicted octanol–water partition coefficient (Wildman–Crippen LogP) is 0.598. The lowest BCUT2D eigenvalue weighted by Gasteiger charge is -2.02. The van der Waals surface area contributed by atoms with Crippen LogP contribution in [0.2, 0.25) is 0 Å². The molecule has 0 spiro atoms. The number of H-pyrrole nitrogens is 1. The zero-order valence-electron chi connectivity index (χ0n) is 9.21. The minimum Gasteiger partial charge on any atom is -0.382 e. The molecule has 0 aliphatic rings. The molecular weight excluding hydrogens is 240 g/mol. The van der Waals surface area contributed by atoms with E-state index in [1.165, 1.54) is 0 Å². The molecule has 0 aromatic carbocycles. The van der Waals surface area contributed by atoms with Crippen LogP contribution in [0.25, 0.3) is 11.3 Å². The van der Waals surface area contributed by atoms with Crippen molar-refractivity contribution in [2.45, 2.75) is 5.75 Å². The summed E-state index contributed by atoms with van der Waals surface area (Å²) in [5, 5.41) is 6.46. The average molecular weight is 252 g/mol. The van der Waals surface area contributed by atoms with Crippen LogP contribution in [0.4, 0.5) is 5.82 Å². The number of aromatic nitrogens is 3. The molecule has 0 aliphatic carbocycles. The molecule has 0 saturated heterocycles. The van der Waals surface area contributed by atoms with Crippen LogP contribution < -0.4 is 5.73 Å². The van der Waals surface area contributed by atoms with E-state index in [0.717, 1.165) is 6.26 Å². The predicted molar refractivity (Wildman–Crippen MR) is 64.8 cm³/mol. The fourth-order valence-electron chi connectivity index (χ4n) is 1.56. The number of nitrogens with two attached hydrogens (primary N) is 1. The van der Waals surface area contributed by atoms with Crippen LogP contribution in [0.5, 0.6) is 0 Å². The van der Waals surface area contributed by atoms with Gasteiger partial charge in [0.25, 0.3) is 0 Å². The van der Waals surface area contributed by atoms with Crippen molar-refractivity contribution in [3.8, 4) is 11.3 Å². The summed E-state index contributed by atoms with van der Waals surface area (Å²) in [4.78, 5) is 4.14. The summed E-state index contributed by atoms with van der Waals surface area (Å²) < 4.78 is 22.6. The van der Waals surface area contributed by atoms with Gasteiger partial charge in [-0.3, -0.25) is 10.1 Å². The van der Waals surface area contributed by atoms with Crippen molar-refractivity contribution < 1.29 is 8.42 Å². The summed E-state index contributed by atoms with van der Waals surface area (Å²) in [6, 6.07) is 5.34. The van der Waals surface area contributed by atoms with Crippen LogP contribution in [-0.2, 0) is 15.6 Å². The van der Waals surface area contributed by atoms with Gasteiger partial charge in [-0.2, -0.15) is 5.10 Å². The summed E-state index contributed by atoms with van der Waals surface area (Å²) in [7, 11) is -3.15. The van der Waals surface area contributed by atoms with Gasteiger partial charge in [0.05, 0.1) is 22.7 Å². The molecule has 0 radical (unpaired) electrons. The van der Waals surface area contributed by atoms with Gasteiger partial charge >= 0.3 is 0 Å². The number of pyridine rings is 1. The minimum absolute atomic E-state index is 0.136. The van der Waals surface area contributed by atoms with E-state index in [1.54, 1.807) is 24.4 Å². The molecule has 2 rings (SSSR count). The fourth-order valence-corrected chi connectivity index (χ4v) is 2.29. The molecule has 3 N–H and O–H groups in total. The quantitative estimate of drug-likeness (QED) is 0.832. The average Bonchev–Trinajstić information content (AvgIpc) is 2.58. The summed E-state index contributed by atoms with van der Waals surface area (Å²) in [6.07, 6.45) is 2.78. The first-order chi connectivity index (χ1) is 7.97. The van der Waals surface area contributed by atoms with Crippen molar-refractivity contribution >= 4 is 15.7 Å². The molecule has 0 aliphatic heterocycles. The lowest BCUT2D eigenvalue weighted by atomic mass is 10.1. The van der Waals surface area contributed by atoms with E-state index >= 15 is 0 Å². The molecule has 0 fully saturated rings. The monoisotopic (exact) mass is 252 g/mol. The zero-order chi connectivity index (χ0) is 12.5. The van der Waals surface area contributed by atoms with Gasteiger partial charge in [0, 0.05) is 12.5 Å². The standard InChI is InChI=1S/C10H12N4O2S/c1-17(15,16)6-8-9(10(11)14-13-8)7-4-2-3-5-12-7/h2-5H,6H2,1H3,(H3,11,13,14). The fraction of sp³-hybridized carbons (Fsp3) is 0.200. The third kappa shape index (κ3) is 2.62. The van der Waals surface area contributed by atoms with Crippen molar-refractivity contribution in [1.29, 1.82) is 0 Å². The minimum atomic E-state index is -3.15. The lowest BCUT2D eigenvalue weighted by Crippen LogP contribution is -2.03. The van der Waals surface area contributed by atoms with Gasteiger partial charge in [-0.1, -0.05) is 6.07 Å². The van der Waals surface area contributed by atoms with Crippen molar-refractivity contribution in [3.05, 3.63) is 30.1 Å². The number of nitrogens with zero attached hydrogens (tertiary/aromatic N) is 2. The number of hydrogen-bond acceptors (Lipinski definition) is 5. The molecule has 7 heteroatoms. The van der Waals surface area contributed by atoms with Crippen LogP contribution in [0, 0.1) is 0 Å². The van der Waals surface area contributed by atoms with Crippen LogP contribution in [0.1, 0.15) is 5.69 Å². The largest absolute Gasteiger partial charge is 0.382 e. The van der Waals surface area contributed by atoms with Crippen molar-refractivity contribution in [2.24, 2.45) is 0 Å². The van der Waals surface area contributed by atoms with E-state index in [-0.39, 0.29) is 11.6 Å². The molecule has 2 aromatic rings. The molecule has 90 valence electrons. The normalized spacial score (nSPS) is 11.6. The van der Waals surface area contributed by atoms with Crippen molar-refractivity contribution in [2.75, 3.05) is 12.0 Å². The Kier molecular flexibility index (Phi) is 2.84. The van der Waals surface area contributed by atoms with Crippen LogP contribution in [-0.4, -0.2) is 29.9 Å². The Hall–Kier alpha value is -1.89. The van der Waals surface area contributed by atoms with Gasteiger partial charge < -0.3 is 5.73 Å². The zero-order valence-corrected chi connectivity index (χ0v) is 10.0. The number of hydrogen-bond donors (Lipinski definition) is 2. The molecule has 0 saturated carbocycles. The first-order valence-corrected chi connectivity index (χ1v) is 6.95. The molecular formula is C10H12N4O2S. The van der Waals surface area contributed by atoms with Crippen LogP contribution >= 0.6 is 0 Å². The maximum absolute atomic E-state index is 11.3.